The van der Waals surface area contributed by atoms with Crippen molar-refractivity contribution < 1.29 is 13.5 Å². The van der Waals surface area contributed by atoms with E-state index in [1.54, 1.807) is 30.3 Å². The van der Waals surface area contributed by atoms with Gasteiger partial charge in [-0.05, 0) is 38.9 Å². The lowest BCUT2D eigenvalue weighted by Gasteiger charge is -2.22. The molecule has 1 aliphatic heterocycles. The highest BCUT2D eigenvalue weighted by Crippen LogP contribution is 2.23. The molecule has 1 atom stereocenters. The van der Waals surface area contributed by atoms with Crippen LogP contribution in [0.25, 0.3) is 0 Å². The molecule has 0 saturated carbocycles. The van der Waals surface area contributed by atoms with Gasteiger partial charge in [0.15, 0.2) is 0 Å². The van der Waals surface area contributed by atoms with Crippen molar-refractivity contribution in [2.75, 3.05) is 18.1 Å². The number of rotatable bonds is 6. The second-order valence-electron chi connectivity index (χ2n) is 5.34. The molecule has 21 heavy (non-hydrogen) atoms. The van der Waals surface area contributed by atoms with Crippen LogP contribution in [0.3, 0.4) is 0 Å². The number of hydrogen-bond donors (Lipinski definition) is 2. The number of aliphatic hydroxyl groups is 1. The molecule has 0 amide bonds. The predicted molar refractivity (Wildman–Crippen MR) is 84.1 cm³/mol. The maximum absolute atomic E-state index is 12.6. The number of aromatic nitrogens is 2. The van der Waals surface area contributed by atoms with Crippen LogP contribution in [0.15, 0.2) is 4.90 Å². The molecule has 6 nitrogen and oxygen atoms in total. The van der Waals surface area contributed by atoms with E-state index in [1.165, 1.54) is 0 Å². The Bertz CT molecular complexity index is 578. The van der Waals surface area contributed by atoms with Crippen molar-refractivity contribution in [1.29, 1.82) is 0 Å². The van der Waals surface area contributed by atoms with Gasteiger partial charge in [-0.3, -0.25) is 4.68 Å². The first-order chi connectivity index (χ1) is 9.95. The number of hydrogen-bond acceptors (Lipinski definition) is 5. The van der Waals surface area contributed by atoms with Gasteiger partial charge in [-0.15, -0.1) is 0 Å². The molecular weight excluding hydrogens is 310 g/mol. The van der Waals surface area contributed by atoms with Crippen LogP contribution < -0.4 is 4.72 Å². The third-order valence-corrected chi connectivity index (χ3v) is 6.58. The number of nitrogens with one attached hydrogen (secondary N) is 1. The van der Waals surface area contributed by atoms with E-state index >= 15 is 0 Å². The number of thioether (sulfide) groups is 1. The highest BCUT2D eigenvalue weighted by Gasteiger charge is 2.28. The summed E-state index contributed by atoms with van der Waals surface area (Å²) in [4.78, 5) is 0.288. The van der Waals surface area contributed by atoms with Crippen LogP contribution in [0.4, 0.5) is 0 Å². The molecule has 1 unspecified atom stereocenters. The van der Waals surface area contributed by atoms with E-state index in [0.717, 1.165) is 24.3 Å². The van der Waals surface area contributed by atoms with Gasteiger partial charge in [-0.25, -0.2) is 13.1 Å². The summed E-state index contributed by atoms with van der Waals surface area (Å²) < 4.78 is 29.7. The first-order valence-corrected chi connectivity index (χ1v) is 9.84. The molecule has 1 aromatic rings. The molecule has 8 heteroatoms. The fraction of sp³-hybridized carbons (Fsp3) is 0.769. The van der Waals surface area contributed by atoms with E-state index in [2.05, 4.69) is 9.82 Å². The first-order valence-electron chi connectivity index (χ1n) is 7.20. The molecule has 1 saturated heterocycles. The third-order valence-electron chi connectivity index (χ3n) is 3.59. The van der Waals surface area contributed by atoms with Gasteiger partial charge < -0.3 is 5.11 Å². The van der Waals surface area contributed by atoms with Crippen LogP contribution in [0.5, 0.6) is 0 Å². The molecule has 0 aromatic carbocycles. The van der Waals surface area contributed by atoms with E-state index in [0.29, 0.717) is 24.4 Å². The van der Waals surface area contributed by atoms with Crippen molar-refractivity contribution in [3.8, 4) is 0 Å². The van der Waals surface area contributed by atoms with Crippen LogP contribution in [0.1, 0.15) is 30.7 Å². The molecule has 1 aliphatic rings. The summed E-state index contributed by atoms with van der Waals surface area (Å²) in [6.45, 7) is 4.07. The Labute approximate surface area is 130 Å². The summed E-state index contributed by atoms with van der Waals surface area (Å²) in [5.41, 5.74) is 1.15. The smallest absolute Gasteiger partial charge is 0.244 e. The zero-order valence-electron chi connectivity index (χ0n) is 12.5. The Hall–Kier alpha value is -0.570. The van der Waals surface area contributed by atoms with Crippen LogP contribution in [0.2, 0.25) is 0 Å². The topological polar surface area (TPSA) is 84.2 Å². The minimum atomic E-state index is -3.53. The van der Waals surface area contributed by atoms with E-state index in [-0.39, 0.29) is 17.5 Å². The molecule has 1 fully saturated rings. The Morgan fingerprint density at radius 3 is 2.86 bits per heavy atom. The van der Waals surface area contributed by atoms with Gasteiger partial charge >= 0.3 is 0 Å². The third kappa shape index (κ3) is 4.00. The minimum Gasteiger partial charge on any atom is -0.396 e. The Kier molecular flexibility index (Phi) is 5.70. The number of aryl methyl sites for hydroxylation is 2. The SMILES string of the molecule is Cc1nn(CCCO)c(C)c1S(=O)(=O)NC1CCCSC1. The van der Waals surface area contributed by atoms with E-state index < -0.39 is 10.0 Å². The minimum absolute atomic E-state index is 0.00772. The standard InChI is InChI=1S/C13H23N3O3S2/c1-10-13(11(2)16(14-10)6-4-7-17)21(18,19)15-12-5-3-8-20-9-12/h12,15,17H,3-9H2,1-2H3. The molecule has 0 aliphatic carbocycles. The van der Waals surface area contributed by atoms with Crippen molar-refractivity contribution in [1.82, 2.24) is 14.5 Å². The van der Waals surface area contributed by atoms with Crippen molar-refractivity contribution in [3.05, 3.63) is 11.4 Å². The van der Waals surface area contributed by atoms with Gasteiger partial charge in [0.1, 0.15) is 4.90 Å². The van der Waals surface area contributed by atoms with Gasteiger partial charge in [-0.2, -0.15) is 16.9 Å². The summed E-state index contributed by atoms with van der Waals surface area (Å²) in [6, 6.07) is 0.00772. The van der Waals surface area contributed by atoms with Gasteiger partial charge in [0, 0.05) is 24.9 Å². The second-order valence-corrected chi connectivity index (χ2v) is 8.14. The summed E-state index contributed by atoms with van der Waals surface area (Å²) in [5, 5.41) is 13.2. The van der Waals surface area contributed by atoms with Crippen molar-refractivity contribution in [3.63, 3.8) is 0 Å². The maximum Gasteiger partial charge on any atom is 0.244 e. The average molecular weight is 333 g/mol. The monoisotopic (exact) mass is 333 g/mol. The van der Waals surface area contributed by atoms with E-state index in [4.69, 9.17) is 5.11 Å². The highest BCUT2D eigenvalue weighted by atomic mass is 32.2. The molecule has 2 heterocycles. The first kappa shape index (κ1) is 16.8. The molecule has 120 valence electrons. The fourth-order valence-corrected chi connectivity index (χ4v) is 5.48. The summed E-state index contributed by atoms with van der Waals surface area (Å²) in [5.74, 6) is 1.94. The Balaban J connectivity index is 2.20. The van der Waals surface area contributed by atoms with Crippen molar-refractivity contribution >= 4 is 21.8 Å². The number of nitrogens with zero attached hydrogens (tertiary/aromatic N) is 2. The summed E-state index contributed by atoms with van der Waals surface area (Å²) >= 11 is 1.79. The van der Waals surface area contributed by atoms with Gasteiger partial charge in [-0.1, -0.05) is 0 Å². The molecule has 1 aromatic heterocycles. The molecule has 2 N–H and O–H groups in total. The zero-order valence-corrected chi connectivity index (χ0v) is 14.1. The fourth-order valence-electron chi connectivity index (χ4n) is 2.62. The maximum atomic E-state index is 12.6. The summed E-state index contributed by atoms with van der Waals surface area (Å²) in [7, 11) is -3.53. The lowest BCUT2D eigenvalue weighted by Crippen LogP contribution is -2.38. The van der Waals surface area contributed by atoms with Crippen LogP contribution in [0, 0.1) is 13.8 Å². The molecule has 0 bridgehead atoms. The van der Waals surface area contributed by atoms with Crippen LogP contribution in [-0.4, -0.2) is 47.5 Å². The van der Waals surface area contributed by atoms with Gasteiger partial charge in [0.2, 0.25) is 10.0 Å². The lowest BCUT2D eigenvalue weighted by molar-refractivity contribution is 0.276. The van der Waals surface area contributed by atoms with E-state index in [9.17, 15) is 8.42 Å². The molecule has 0 radical (unpaired) electrons. The predicted octanol–water partition coefficient (Wildman–Crippen LogP) is 1.06. The second kappa shape index (κ2) is 7.13. The van der Waals surface area contributed by atoms with E-state index in [1.807, 2.05) is 0 Å². The largest absolute Gasteiger partial charge is 0.396 e. The molecule has 0 spiro atoms. The highest BCUT2D eigenvalue weighted by molar-refractivity contribution is 7.99. The van der Waals surface area contributed by atoms with Gasteiger partial charge in [0.05, 0.1) is 11.4 Å². The molecular formula is C13H23N3O3S2. The van der Waals surface area contributed by atoms with Crippen molar-refractivity contribution in [2.45, 2.75) is 50.6 Å². The van der Waals surface area contributed by atoms with Crippen molar-refractivity contribution in [2.24, 2.45) is 0 Å². The summed E-state index contributed by atoms with van der Waals surface area (Å²) in [6.07, 6.45) is 2.50. The molecule has 2 rings (SSSR count). The Morgan fingerprint density at radius 1 is 1.48 bits per heavy atom. The zero-order chi connectivity index (χ0) is 15.5. The van der Waals surface area contributed by atoms with Crippen LogP contribution >= 0.6 is 11.8 Å². The number of sulfonamides is 1. The van der Waals surface area contributed by atoms with Gasteiger partial charge in [0.25, 0.3) is 0 Å². The average Bonchev–Trinajstić information content (AvgIpc) is 2.72. The van der Waals surface area contributed by atoms with Crippen LogP contribution in [-0.2, 0) is 16.6 Å². The number of aliphatic hydroxyl groups excluding tert-OH is 1. The quantitative estimate of drug-likeness (QED) is 0.813. The normalized spacial score (nSPS) is 19.9. The lowest BCUT2D eigenvalue weighted by atomic mass is 10.2. The Morgan fingerprint density at radius 2 is 2.24 bits per heavy atom.